The molecule has 13 nitrogen and oxygen atoms in total. The zero-order valence-corrected chi connectivity index (χ0v) is 24.8. The van der Waals surface area contributed by atoms with Crippen LogP contribution in [0.1, 0.15) is 30.4 Å². The van der Waals surface area contributed by atoms with Crippen LogP contribution in [0.15, 0.2) is 37.2 Å². The van der Waals surface area contributed by atoms with Crippen LogP contribution in [0.4, 0.5) is 29.6 Å². The molecule has 3 aromatic rings. The first kappa shape index (κ1) is 31.7. The molecule has 2 aliphatic heterocycles. The summed E-state index contributed by atoms with van der Waals surface area (Å²) in [6, 6.07) is 2.68. The number of methoxy groups -OCH3 is 1. The maximum atomic E-state index is 14.2. The van der Waals surface area contributed by atoms with Gasteiger partial charge in [0.05, 0.1) is 24.8 Å². The van der Waals surface area contributed by atoms with Crippen LogP contribution in [-0.2, 0) is 27.0 Å². The zero-order valence-electron chi connectivity index (χ0n) is 24.8. The van der Waals surface area contributed by atoms with E-state index < -0.39 is 23.7 Å². The van der Waals surface area contributed by atoms with Crippen LogP contribution in [0.3, 0.4) is 0 Å². The number of rotatable bonds is 8. The fourth-order valence-electron chi connectivity index (χ4n) is 5.43. The van der Waals surface area contributed by atoms with E-state index in [1.807, 2.05) is 6.07 Å². The second kappa shape index (κ2) is 13.5. The molecule has 0 atom stereocenters. The number of pyridine rings is 1. The van der Waals surface area contributed by atoms with E-state index in [4.69, 9.17) is 0 Å². The topological polar surface area (TPSA) is 137 Å². The number of hydrogen-bond donors (Lipinski definition) is 2. The van der Waals surface area contributed by atoms with Crippen LogP contribution in [0.2, 0.25) is 0 Å². The van der Waals surface area contributed by atoms with Gasteiger partial charge in [0, 0.05) is 58.2 Å². The molecule has 2 aliphatic rings. The Morgan fingerprint density at radius 1 is 1.07 bits per heavy atom. The number of nitrogens with one attached hydrogen (secondary N) is 2. The van der Waals surface area contributed by atoms with Gasteiger partial charge in [-0.15, -0.1) is 5.10 Å². The summed E-state index contributed by atoms with van der Waals surface area (Å²) < 4.78 is 48.8. The van der Waals surface area contributed by atoms with Gasteiger partial charge < -0.3 is 19.9 Å². The summed E-state index contributed by atoms with van der Waals surface area (Å²) in [7, 11) is 1.10. The van der Waals surface area contributed by atoms with Gasteiger partial charge in [0.2, 0.25) is 11.8 Å². The first-order valence-corrected chi connectivity index (χ1v) is 14.5. The molecule has 0 aromatic carbocycles. The second-order valence-corrected chi connectivity index (χ2v) is 10.8. The Hall–Kier alpha value is -4.73. The average Bonchev–Trinajstić information content (AvgIpc) is 3.45. The normalized spacial score (nSPS) is 16.0. The Labute approximate surface area is 257 Å². The summed E-state index contributed by atoms with van der Waals surface area (Å²) in [4.78, 5) is 50.0. The van der Waals surface area contributed by atoms with Crippen molar-refractivity contribution in [2.75, 3.05) is 63.1 Å². The van der Waals surface area contributed by atoms with E-state index in [2.05, 4.69) is 46.8 Å². The van der Waals surface area contributed by atoms with Gasteiger partial charge in [-0.05, 0) is 43.0 Å². The number of piperazine rings is 1. The zero-order chi connectivity index (χ0) is 32.1. The Balaban J connectivity index is 1.42. The molecule has 5 heterocycles. The molecule has 3 aromatic heterocycles. The molecule has 2 fully saturated rings. The van der Waals surface area contributed by atoms with Crippen molar-refractivity contribution in [3.63, 3.8) is 0 Å². The van der Waals surface area contributed by atoms with Gasteiger partial charge in [-0.1, -0.05) is 6.58 Å². The highest BCUT2D eigenvalue weighted by molar-refractivity contribution is 5.90. The van der Waals surface area contributed by atoms with Crippen molar-refractivity contribution < 1.29 is 32.3 Å². The molecule has 2 N–H and O–H groups in total. The standard InChI is InChI=1S/C29H34F3N9O4/c1-3-24(42)34-16-25(43)39-11-9-38(10-12-39)17-19-13-22-27(40-7-5-4-6-8-40)36-26(37-41(22)18-19)20-15-33-23(35-28(44)45-2)14-21(20)29(30,31)32/h3,13-15,18H,1,4-12,16-17H2,2H3,(H,34,42)(H,33,35,44). The number of carbonyl (C=O) groups excluding carboxylic acids is 3. The van der Waals surface area contributed by atoms with Gasteiger partial charge in [0.1, 0.15) is 11.3 Å². The third-order valence-corrected chi connectivity index (χ3v) is 7.75. The third-order valence-electron chi connectivity index (χ3n) is 7.75. The van der Waals surface area contributed by atoms with Crippen LogP contribution in [0.5, 0.6) is 0 Å². The number of alkyl halides is 3. The summed E-state index contributed by atoms with van der Waals surface area (Å²) in [6.07, 6.45) is 1.10. The van der Waals surface area contributed by atoms with E-state index in [9.17, 15) is 27.6 Å². The number of halogens is 3. The van der Waals surface area contributed by atoms with Gasteiger partial charge in [-0.3, -0.25) is 19.8 Å². The lowest BCUT2D eigenvalue weighted by Gasteiger charge is -2.34. The number of hydrogen-bond acceptors (Lipinski definition) is 9. The van der Waals surface area contributed by atoms with Crippen LogP contribution in [0, 0.1) is 0 Å². The average molecular weight is 630 g/mol. The fraction of sp³-hybridized carbons (Fsp3) is 0.448. The number of aromatic nitrogens is 4. The first-order valence-electron chi connectivity index (χ1n) is 14.5. The largest absolute Gasteiger partial charge is 0.453 e. The molecular weight excluding hydrogens is 595 g/mol. The minimum atomic E-state index is -4.78. The molecule has 0 unspecified atom stereocenters. The van der Waals surface area contributed by atoms with Gasteiger partial charge in [0.15, 0.2) is 11.6 Å². The van der Waals surface area contributed by atoms with Crippen LogP contribution >= 0.6 is 0 Å². The number of fused-ring (bicyclic) bond motifs is 1. The van der Waals surface area contributed by atoms with E-state index in [-0.39, 0.29) is 29.7 Å². The Bertz CT molecular complexity index is 1580. The monoisotopic (exact) mass is 629 g/mol. The number of anilines is 2. The summed E-state index contributed by atoms with van der Waals surface area (Å²) in [5, 5.41) is 9.15. The molecule has 2 saturated heterocycles. The smallest absolute Gasteiger partial charge is 0.417 e. The van der Waals surface area contributed by atoms with Gasteiger partial charge in [0.25, 0.3) is 0 Å². The Kier molecular flexibility index (Phi) is 9.51. The molecule has 3 amide bonds. The minimum absolute atomic E-state index is 0.0912. The Morgan fingerprint density at radius 2 is 1.80 bits per heavy atom. The number of piperidine rings is 1. The van der Waals surface area contributed by atoms with Gasteiger partial charge in [-0.2, -0.15) is 13.2 Å². The summed E-state index contributed by atoms with van der Waals surface area (Å²) >= 11 is 0. The molecule has 0 bridgehead atoms. The molecule has 5 rings (SSSR count). The molecule has 240 valence electrons. The van der Waals surface area contributed by atoms with Crippen molar-refractivity contribution in [1.82, 2.24) is 34.7 Å². The predicted molar refractivity (Wildman–Crippen MR) is 158 cm³/mol. The second-order valence-electron chi connectivity index (χ2n) is 10.8. The molecule has 45 heavy (non-hydrogen) atoms. The lowest BCUT2D eigenvalue weighted by atomic mass is 10.1. The predicted octanol–water partition coefficient (Wildman–Crippen LogP) is 2.93. The van der Waals surface area contributed by atoms with Gasteiger partial charge in [-0.25, -0.2) is 19.3 Å². The van der Waals surface area contributed by atoms with Crippen molar-refractivity contribution in [2.45, 2.75) is 32.0 Å². The highest BCUT2D eigenvalue weighted by Crippen LogP contribution is 2.38. The molecule has 0 spiro atoms. The van der Waals surface area contributed by atoms with E-state index in [1.54, 1.807) is 15.6 Å². The minimum Gasteiger partial charge on any atom is -0.453 e. The molecule has 0 aliphatic carbocycles. The third kappa shape index (κ3) is 7.50. The molecule has 0 radical (unpaired) electrons. The van der Waals surface area contributed by atoms with Crippen LogP contribution in [-0.4, -0.2) is 100 Å². The van der Waals surface area contributed by atoms with E-state index >= 15 is 0 Å². The quantitative estimate of drug-likeness (QED) is 0.361. The van der Waals surface area contributed by atoms with Crippen molar-refractivity contribution >= 4 is 35.1 Å². The summed E-state index contributed by atoms with van der Waals surface area (Å²) in [5.74, 6) is -0.508. The number of ether oxygens (including phenoxy) is 1. The van der Waals surface area contributed by atoms with Crippen LogP contribution < -0.4 is 15.5 Å². The van der Waals surface area contributed by atoms with E-state index in [0.29, 0.717) is 57.1 Å². The van der Waals surface area contributed by atoms with Crippen molar-refractivity contribution in [3.8, 4) is 11.4 Å². The van der Waals surface area contributed by atoms with Gasteiger partial charge >= 0.3 is 12.3 Å². The maximum absolute atomic E-state index is 14.2. The van der Waals surface area contributed by atoms with E-state index in [0.717, 1.165) is 50.3 Å². The number of nitrogens with zero attached hydrogens (tertiary/aromatic N) is 7. The highest BCUT2D eigenvalue weighted by atomic mass is 19.4. The SMILES string of the molecule is C=CC(=O)NCC(=O)N1CCN(Cc2cc3c(N4CCCCC4)nc(-c4cnc(NC(=O)OC)cc4C(F)(F)F)nn3c2)CC1. The van der Waals surface area contributed by atoms with Crippen molar-refractivity contribution in [3.05, 3.63) is 48.3 Å². The molecule has 16 heteroatoms. The molecular formula is C29H34F3N9O4. The first-order chi connectivity index (χ1) is 21.5. The Morgan fingerprint density at radius 3 is 2.47 bits per heavy atom. The number of amides is 3. The van der Waals surface area contributed by atoms with Crippen molar-refractivity contribution in [2.24, 2.45) is 0 Å². The highest BCUT2D eigenvalue weighted by Gasteiger charge is 2.36. The summed E-state index contributed by atoms with van der Waals surface area (Å²) in [6.45, 7) is 7.44. The lowest BCUT2D eigenvalue weighted by molar-refractivity contribution is -0.137. The van der Waals surface area contributed by atoms with Crippen LogP contribution in [0.25, 0.3) is 16.9 Å². The molecule has 0 saturated carbocycles. The summed E-state index contributed by atoms with van der Waals surface area (Å²) in [5.41, 5.74) is 0.201. The van der Waals surface area contributed by atoms with E-state index in [1.165, 1.54) is 0 Å². The fourth-order valence-corrected chi connectivity index (χ4v) is 5.43. The lowest BCUT2D eigenvalue weighted by Crippen LogP contribution is -2.50. The number of carbonyl (C=O) groups is 3. The van der Waals surface area contributed by atoms with Crippen molar-refractivity contribution in [1.29, 1.82) is 0 Å². The maximum Gasteiger partial charge on any atom is 0.417 e.